The highest BCUT2D eigenvalue weighted by Gasteiger charge is 2.05. The van der Waals surface area contributed by atoms with E-state index in [0.29, 0.717) is 6.04 Å². The van der Waals surface area contributed by atoms with E-state index in [4.69, 9.17) is 0 Å². The number of pyridine rings is 1. The van der Waals surface area contributed by atoms with Crippen molar-refractivity contribution < 1.29 is 0 Å². The molecule has 94 valence electrons. The molecule has 18 heavy (non-hydrogen) atoms. The van der Waals surface area contributed by atoms with Crippen molar-refractivity contribution in [3.05, 3.63) is 63.0 Å². The first kappa shape index (κ1) is 13.5. The quantitative estimate of drug-likeness (QED) is 0.846. The van der Waals surface area contributed by atoms with Gasteiger partial charge in [-0.3, -0.25) is 4.98 Å². The Labute approximate surface area is 122 Å². The molecule has 0 radical (unpaired) electrons. The molecule has 2 rings (SSSR count). The Bertz CT molecular complexity index is 508. The minimum atomic E-state index is 0.356. The maximum absolute atomic E-state index is 4.11. The fraction of sp³-hybridized carbons (Fsp3) is 0.267. The number of nitrogens with one attached hydrogen (secondary N) is 1. The molecule has 3 heteroatoms. The fourth-order valence-corrected chi connectivity index (χ4v) is 2.19. The highest BCUT2D eigenvalue weighted by molar-refractivity contribution is 14.1. The molecule has 1 atom stereocenters. The maximum Gasteiger partial charge on any atom is 0.0300 e. The molecule has 0 amide bonds. The third-order valence-corrected chi connectivity index (χ3v) is 3.82. The lowest BCUT2D eigenvalue weighted by molar-refractivity contribution is 0.573. The zero-order valence-corrected chi connectivity index (χ0v) is 12.8. The van der Waals surface area contributed by atoms with Gasteiger partial charge in [0.2, 0.25) is 0 Å². The van der Waals surface area contributed by atoms with Crippen LogP contribution in [-0.2, 0) is 6.54 Å². The van der Waals surface area contributed by atoms with Crippen LogP contribution in [0.4, 0.5) is 0 Å². The molecule has 2 aromatic rings. The Hall–Kier alpha value is -0.940. The second kappa shape index (κ2) is 6.29. The van der Waals surface area contributed by atoms with Gasteiger partial charge in [-0.2, -0.15) is 0 Å². The smallest absolute Gasteiger partial charge is 0.0300 e. The molecule has 0 fully saturated rings. The van der Waals surface area contributed by atoms with E-state index in [0.717, 1.165) is 6.54 Å². The average Bonchev–Trinajstić information content (AvgIpc) is 2.38. The fourth-order valence-electron chi connectivity index (χ4n) is 1.83. The van der Waals surface area contributed by atoms with E-state index in [2.05, 4.69) is 77.1 Å². The summed E-state index contributed by atoms with van der Waals surface area (Å²) in [7, 11) is 0. The number of rotatable bonds is 4. The Kier molecular flexibility index (Phi) is 4.72. The molecule has 1 aromatic carbocycles. The summed E-state index contributed by atoms with van der Waals surface area (Å²) >= 11 is 2.33. The summed E-state index contributed by atoms with van der Waals surface area (Å²) in [5, 5.41) is 3.55. The SMILES string of the molecule is Cc1cnccc1CNC(C)c1ccc(I)cc1. The van der Waals surface area contributed by atoms with Crippen molar-refractivity contribution in [2.24, 2.45) is 0 Å². The Morgan fingerprint density at radius 3 is 2.61 bits per heavy atom. The minimum Gasteiger partial charge on any atom is -0.306 e. The summed E-state index contributed by atoms with van der Waals surface area (Å²) in [4.78, 5) is 4.11. The molecule has 0 bridgehead atoms. The van der Waals surface area contributed by atoms with Gasteiger partial charge in [-0.25, -0.2) is 0 Å². The van der Waals surface area contributed by atoms with Crippen molar-refractivity contribution in [2.45, 2.75) is 26.4 Å². The van der Waals surface area contributed by atoms with Crippen LogP contribution in [0.25, 0.3) is 0 Å². The monoisotopic (exact) mass is 352 g/mol. The van der Waals surface area contributed by atoms with Crippen molar-refractivity contribution in [1.82, 2.24) is 10.3 Å². The molecular formula is C15H17IN2. The van der Waals surface area contributed by atoms with Crippen molar-refractivity contribution >= 4 is 22.6 Å². The lowest BCUT2D eigenvalue weighted by atomic mass is 10.1. The Morgan fingerprint density at radius 2 is 1.94 bits per heavy atom. The molecule has 1 heterocycles. The summed E-state index contributed by atoms with van der Waals surface area (Å²) in [5.74, 6) is 0. The van der Waals surface area contributed by atoms with Gasteiger partial charge < -0.3 is 5.32 Å². The number of nitrogens with zero attached hydrogens (tertiary/aromatic N) is 1. The van der Waals surface area contributed by atoms with Crippen LogP contribution in [-0.4, -0.2) is 4.98 Å². The van der Waals surface area contributed by atoms with Gasteiger partial charge in [0.15, 0.2) is 0 Å². The van der Waals surface area contributed by atoms with Crippen LogP contribution in [0.2, 0.25) is 0 Å². The van der Waals surface area contributed by atoms with Gasteiger partial charge in [0.1, 0.15) is 0 Å². The predicted molar refractivity (Wildman–Crippen MR) is 83.4 cm³/mol. The second-order valence-electron chi connectivity index (χ2n) is 4.46. The van der Waals surface area contributed by atoms with Gasteiger partial charge in [-0.05, 0) is 71.3 Å². The van der Waals surface area contributed by atoms with E-state index in [1.54, 1.807) is 0 Å². The zero-order chi connectivity index (χ0) is 13.0. The number of benzene rings is 1. The Morgan fingerprint density at radius 1 is 1.22 bits per heavy atom. The van der Waals surface area contributed by atoms with Gasteiger partial charge in [-0.1, -0.05) is 12.1 Å². The van der Waals surface area contributed by atoms with Gasteiger partial charge >= 0.3 is 0 Å². The van der Waals surface area contributed by atoms with Gasteiger partial charge in [0.25, 0.3) is 0 Å². The van der Waals surface area contributed by atoms with Crippen LogP contribution < -0.4 is 5.32 Å². The van der Waals surface area contributed by atoms with Crippen LogP contribution in [0, 0.1) is 10.5 Å². The molecule has 0 saturated heterocycles. The van der Waals surface area contributed by atoms with Crippen LogP contribution in [0.15, 0.2) is 42.7 Å². The molecule has 0 saturated carbocycles. The number of aromatic nitrogens is 1. The summed E-state index contributed by atoms with van der Waals surface area (Å²) in [6.45, 7) is 5.17. The van der Waals surface area contributed by atoms with Crippen LogP contribution in [0.5, 0.6) is 0 Å². The molecule has 0 aliphatic rings. The van der Waals surface area contributed by atoms with Crippen LogP contribution in [0.3, 0.4) is 0 Å². The van der Waals surface area contributed by atoms with E-state index in [9.17, 15) is 0 Å². The van der Waals surface area contributed by atoms with Crippen molar-refractivity contribution in [3.8, 4) is 0 Å². The minimum absolute atomic E-state index is 0.356. The second-order valence-corrected chi connectivity index (χ2v) is 5.70. The lowest BCUT2D eigenvalue weighted by Gasteiger charge is -2.15. The summed E-state index contributed by atoms with van der Waals surface area (Å²) in [6, 6.07) is 11.1. The number of halogens is 1. The van der Waals surface area contributed by atoms with Crippen LogP contribution >= 0.6 is 22.6 Å². The molecule has 2 nitrogen and oxygen atoms in total. The summed E-state index contributed by atoms with van der Waals surface area (Å²) in [5.41, 5.74) is 3.87. The largest absolute Gasteiger partial charge is 0.306 e. The third kappa shape index (κ3) is 3.53. The first-order valence-electron chi connectivity index (χ1n) is 6.05. The number of aryl methyl sites for hydroxylation is 1. The molecule has 1 aromatic heterocycles. The number of hydrogen-bond acceptors (Lipinski definition) is 2. The van der Waals surface area contributed by atoms with E-state index in [1.807, 2.05) is 12.4 Å². The summed E-state index contributed by atoms with van der Waals surface area (Å²) in [6.07, 6.45) is 3.76. The van der Waals surface area contributed by atoms with Crippen LogP contribution in [0.1, 0.15) is 29.7 Å². The molecular weight excluding hydrogens is 335 g/mol. The topological polar surface area (TPSA) is 24.9 Å². The highest BCUT2D eigenvalue weighted by atomic mass is 127. The van der Waals surface area contributed by atoms with Crippen molar-refractivity contribution in [1.29, 1.82) is 0 Å². The first-order chi connectivity index (χ1) is 8.66. The van der Waals surface area contributed by atoms with Gasteiger partial charge in [0, 0.05) is 28.6 Å². The lowest BCUT2D eigenvalue weighted by Crippen LogP contribution is -2.18. The predicted octanol–water partition coefficient (Wildman–Crippen LogP) is 3.85. The summed E-state index contributed by atoms with van der Waals surface area (Å²) < 4.78 is 1.27. The number of hydrogen-bond donors (Lipinski definition) is 1. The van der Waals surface area contributed by atoms with E-state index in [-0.39, 0.29) is 0 Å². The van der Waals surface area contributed by atoms with E-state index in [1.165, 1.54) is 20.3 Å². The maximum atomic E-state index is 4.11. The van der Waals surface area contributed by atoms with Gasteiger partial charge in [0.05, 0.1) is 0 Å². The van der Waals surface area contributed by atoms with Crippen molar-refractivity contribution in [3.63, 3.8) is 0 Å². The molecule has 0 aliphatic heterocycles. The zero-order valence-electron chi connectivity index (χ0n) is 10.7. The third-order valence-electron chi connectivity index (χ3n) is 3.11. The molecule has 0 aliphatic carbocycles. The van der Waals surface area contributed by atoms with E-state index >= 15 is 0 Å². The standard InChI is InChI=1S/C15H17IN2/c1-11-9-17-8-7-14(11)10-18-12(2)13-3-5-15(16)6-4-13/h3-9,12,18H,10H2,1-2H3. The van der Waals surface area contributed by atoms with Crippen molar-refractivity contribution in [2.75, 3.05) is 0 Å². The molecule has 1 N–H and O–H groups in total. The van der Waals surface area contributed by atoms with E-state index < -0.39 is 0 Å². The molecule has 0 spiro atoms. The average molecular weight is 352 g/mol. The van der Waals surface area contributed by atoms with Gasteiger partial charge in [-0.15, -0.1) is 0 Å². The first-order valence-corrected chi connectivity index (χ1v) is 7.13. The molecule has 1 unspecified atom stereocenters. The Balaban J connectivity index is 1.98. The normalized spacial score (nSPS) is 12.4. The highest BCUT2D eigenvalue weighted by Crippen LogP contribution is 2.15.